The first-order valence-corrected chi connectivity index (χ1v) is 8.80. The van der Waals surface area contributed by atoms with Gasteiger partial charge in [0, 0.05) is 5.54 Å². The van der Waals surface area contributed by atoms with Crippen molar-refractivity contribution in [2.45, 2.75) is 45.6 Å². The lowest BCUT2D eigenvalue weighted by Crippen LogP contribution is -2.56. The summed E-state index contributed by atoms with van der Waals surface area (Å²) in [7, 11) is 0. The van der Waals surface area contributed by atoms with E-state index in [1.807, 2.05) is 0 Å². The van der Waals surface area contributed by atoms with Gasteiger partial charge in [0.05, 0.1) is 18.7 Å². The maximum Gasteiger partial charge on any atom is 0.238 e. The van der Waals surface area contributed by atoms with Crippen molar-refractivity contribution in [1.82, 2.24) is 5.32 Å². The number of nitrogens with zero attached hydrogens (tertiary/aromatic N) is 1. The first-order valence-electron chi connectivity index (χ1n) is 7.92. The Hall–Kier alpha value is -1.42. The number of anilines is 1. The van der Waals surface area contributed by atoms with Crippen molar-refractivity contribution in [3.63, 3.8) is 0 Å². The fraction of sp³-hybridized carbons (Fsp3) is 0.647. The molecule has 1 saturated carbocycles. The normalized spacial score (nSPS) is 26.5. The molecule has 23 heavy (non-hydrogen) atoms. The second kappa shape index (κ2) is 7.00. The molecule has 3 N–H and O–H groups in total. The van der Waals surface area contributed by atoms with Crippen LogP contribution in [0.25, 0.3) is 0 Å². The fourth-order valence-electron chi connectivity index (χ4n) is 3.99. The van der Waals surface area contributed by atoms with Crippen molar-refractivity contribution in [3.8, 4) is 6.07 Å². The Morgan fingerprint density at radius 1 is 1.52 bits per heavy atom. The highest BCUT2D eigenvalue weighted by Crippen LogP contribution is 2.43. The molecule has 1 aliphatic rings. The molecule has 5 nitrogen and oxygen atoms in total. The number of amides is 1. The van der Waals surface area contributed by atoms with E-state index in [1.165, 1.54) is 11.3 Å². The Bertz CT molecular complexity index is 605. The fourth-order valence-corrected chi connectivity index (χ4v) is 4.74. The Labute approximate surface area is 141 Å². The molecule has 0 saturated heterocycles. The summed E-state index contributed by atoms with van der Waals surface area (Å²) in [6.45, 7) is 6.76. The summed E-state index contributed by atoms with van der Waals surface area (Å²) in [6.07, 6.45) is 2.84. The van der Waals surface area contributed by atoms with Gasteiger partial charge < -0.3 is 15.7 Å². The number of aliphatic hydroxyl groups excluding tert-OH is 1. The molecule has 6 heteroatoms. The molecule has 0 radical (unpaired) electrons. The molecule has 2 rings (SSSR count). The number of hydrogen-bond acceptors (Lipinski definition) is 5. The minimum atomic E-state index is -0.411. The van der Waals surface area contributed by atoms with Crippen LogP contribution in [-0.2, 0) is 4.79 Å². The Morgan fingerprint density at radius 3 is 2.87 bits per heavy atom. The van der Waals surface area contributed by atoms with Crippen LogP contribution in [0.15, 0.2) is 11.4 Å². The van der Waals surface area contributed by atoms with Crippen molar-refractivity contribution in [3.05, 3.63) is 17.0 Å². The van der Waals surface area contributed by atoms with Gasteiger partial charge in [-0.3, -0.25) is 4.79 Å². The van der Waals surface area contributed by atoms with Crippen LogP contribution in [0, 0.1) is 22.7 Å². The maximum absolute atomic E-state index is 12.2. The van der Waals surface area contributed by atoms with E-state index in [1.54, 1.807) is 11.4 Å². The number of nitrogens with one attached hydrogen (secondary N) is 2. The van der Waals surface area contributed by atoms with Crippen LogP contribution < -0.4 is 10.6 Å². The predicted octanol–water partition coefficient (Wildman–Crippen LogP) is 2.73. The lowest BCUT2D eigenvalue weighted by molar-refractivity contribution is -0.116. The summed E-state index contributed by atoms with van der Waals surface area (Å²) >= 11 is 1.34. The zero-order valence-electron chi connectivity index (χ0n) is 14.0. The molecule has 1 amide bonds. The summed E-state index contributed by atoms with van der Waals surface area (Å²) in [5.74, 6) is 0.316. The van der Waals surface area contributed by atoms with Gasteiger partial charge in [-0.15, -0.1) is 11.3 Å². The Morgan fingerprint density at radius 2 is 2.26 bits per heavy atom. The molecule has 1 aliphatic carbocycles. The van der Waals surface area contributed by atoms with Crippen molar-refractivity contribution in [2.75, 3.05) is 18.5 Å². The van der Waals surface area contributed by atoms with E-state index in [0.717, 1.165) is 19.3 Å². The molecule has 1 fully saturated rings. The summed E-state index contributed by atoms with van der Waals surface area (Å²) in [5, 5.41) is 27.3. The molecule has 1 aromatic heterocycles. The number of carbonyl (C=O) groups excluding carboxylic acids is 1. The molecule has 0 aliphatic heterocycles. The third kappa shape index (κ3) is 4.54. The standard InChI is InChI=1S/C17H25N3O2S/c1-12-6-16(2,3)10-17(7-12,11-21)19-9-14(22)20-15-13(8-18)4-5-23-15/h4-5,12,19,21H,6-7,9-11H2,1-3H3,(H,20,22). The molecule has 2 unspecified atom stereocenters. The van der Waals surface area contributed by atoms with Crippen LogP contribution in [0.1, 0.15) is 45.6 Å². The number of carbonyl (C=O) groups is 1. The first kappa shape index (κ1) is 17.9. The summed E-state index contributed by atoms with van der Waals surface area (Å²) in [4.78, 5) is 12.2. The molecule has 1 heterocycles. The quantitative estimate of drug-likeness (QED) is 0.772. The largest absolute Gasteiger partial charge is 0.394 e. The molecule has 0 bridgehead atoms. The third-order valence-electron chi connectivity index (χ3n) is 4.42. The second-order valence-corrected chi connectivity index (χ2v) is 8.39. The Balaban J connectivity index is 1.97. The maximum atomic E-state index is 12.2. The van der Waals surface area contributed by atoms with Crippen LogP contribution in [0.2, 0.25) is 0 Å². The van der Waals surface area contributed by atoms with Gasteiger partial charge in [0.15, 0.2) is 0 Å². The third-order valence-corrected chi connectivity index (χ3v) is 5.25. The molecular weight excluding hydrogens is 310 g/mol. The number of rotatable bonds is 5. The van der Waals surface area contributed by atoms with E-state index < -0.39 is 5.54 Å². The number of thiophene rings is 1. The summed E-state index contributed by atoms with van der Waals surface area (Å²) in [6, 6.07) is 3.75. The van der Waals surface area contributed by atoms with Gasteiger partial charge >= 0.3 is 0 Å². The summed E-state index contributed by atoms with van der Waals surface area (Å²) < 4.78 is 0. The highest BCUT2D eigenvalue weighted by atomic mass is 32.1. The lowest BCUT2D eigenvalue weighted by atomic mass is 9.64. The van der Waals surface area contributed by atoms with Crippen LogP contribution in [-0.4, -0.2) is 29.7 Å². The number of hydrogen-bond donors (Lipinski definition) is 3. The van der Waals surface area contributed by atoms with Crippen LogP contribution in [0.5, 0.6) is 0 Å². The van der Waals surface area contributed by atoms with Gasteiger partial charge in [-0.25, -0.2) is 0 Å². The van der Waals surface area contributed by atoms with Gasteiger partial charge in [0.1, 0.15) is 11.1 Å². The zero-order chi connectivity index (χ0) is 17.1. The van der Waals surface area contributed by atoms with E-state index in [2.05, 4.69) is 37.5 Å². The van der Waals surface area contributed by atoms with E-state index in [0.29, 0.717) is 16.5 Å². The smallest absolute Gasteiger partial charge is 0.238 e. The van der Waals surface area contributed by atoms with E-state index in [9.17, 15) is 9.90 Å². The zero-order valence-corrected chi connectivity index (χ0v) is 14.8. The Kier molecular flexibility index (Phi) is 5.45. The average molecular weight is 335 g/mol. The van der Waals surface area contributed by atoms with E-state index >= 15 is 0 Å². The van der Waals surface area contributed by atoms with Gasteiger partial charge in [0.2, 0.25) is 5.91 Å². The second-order valence-electron chi connectivity index (χ2n) is 7.47. The molecule has 2 atom stereocenters. The van der Waals surface area contributed by atoms with Crippen LogP contribution in [0.3, 0.4) is 0 Å². The van der Waals surface area contributed by atoms with E-state index in [4.69, 9.17) is 5.26 Å². The SMILES string of the molecule is CC1CC(C)(C)CC(CO)(NCC(=O)Nc2sccc2C#N)C1. The highest BCUT2D eigenvalue weighted by Gasteiger charge is 2.42. The van der Waals surface area contributed by atoms with Crippen molar-refractivity contribution in [1.29, 1.82) is 5.26 Å². The molecule has 0 spiro atoms. The van der Waals surface area contributed by atoms with Gasteiger partial charge in [0.25, 0.3) is 0 Å². The highest BCUT2D eigenvalue weighted by molar-refractivity contribution is 7.14. The minimum Gasteiger partial charge on any atom is -0.394 e. The topological polar surface area (TPSA) is 85.2 Å². The van der Waals surface area contributed by atoms with E-state index in [-0.39, 0.29) is 24.5 Å². The monoisotopic (exact) mass is 335 g/mol. The van der Waals surface area contributed by atoms with Gasteiger partial charge in [-0.1, -0.05) is 20.8 Å². The lowest BCUT2D eigenvalue weighted by Gasteiger charge is -2.47. The minimum absolute atomic E-state index is 0.0243. The van der Waals surface area contributed by atoms with Crippen molar-refractivity contribution < 1.29 is 9.90 Å². The van der Waals surface area contributed by atoms with Crippen molar-refractivity contribution >= 4 is 22.2 Å². The van der Waals surface area contributed by atoms with Crippen LogP contribution >= 0.6 is 11.3 Å². The summed E-state index contributed by atoms with van der Waals surface area (Å²) in [5.41, 5.74) is 0.213. The number of aliphatic hydroxyl groups is 1. The molecular formula is C17H25N3O2S. The molecule has 1 aromatic rings. The molecule has 0 aromatic carbocycles. The average Bonchev–Trinajstić information content (AvgIpc) is 2.90. The first-order chi connectivity index (χ1) is 10.8. The predicted molar refractivity (Wildman–Crippen MR) is 92.3 cm³/mol. The van der Waals surface area contributed by atoms with Crippen LogP contribution in [0.4, 0.5) is 5.00 Å². The number of nitriles is 1. The van der Waals surface area contributed by atoms with Gasteiger partial charge in [-0.2, -0.15) is 5.26 Å². The van der Waals surface area contributed by atoms with Crippen molar-refractivity contribution in [2.24, 2.45) is 11.3 Å². The molecule has 126 valence electrons. The van der Waals surface area contributed by atoms with Gasteiger partial charge in [-0.05, 0) is 42.0 Å².